The highest BCUT2D eigenvalue weighted by molar-refractivity contribution is 6.15. The Morgan fingerprint density at radius 3 is 2.46 bits per heavy atom. The van der Waals surface area contributed by atoms with E-state index in [4.69, 9.17) is 11.6 Å². The van der Waals surface area contributed by atoms with E-state index in [1.807, 2.05) is 0 Å². The van der Waals surface area contributed by atoms with Crippen LogP contribution in [-0.2, 0) is 12.2 Å². The standard InChI is InChI=1S/C7H5ClF3NO/c8-4-12-2-1-5(3-6(12)13)7(9,10)11/h1-3H,4H2. The Kier molecular flexibility index (Phi) is 2.66. The van der Waals surface area contributed by atoms with Gasteiger partial charge in [-0.1, -0.05) is 0 Å². The molecule has 0 aromatic carbocycles. The minimum atomic E-state index is -4.48. The average molecular weight is 212 g/mol. The Morgan fingerprint density at radius 1 is 1.46 bits per heavy atom. The van der Waals surface area contributed by atoms with E-state index in [1.165, 1.54) is 0 Å². The molecule has 0 amide bonds. The molecule has 0 bridgehead atoms. The molecule has 0 saturated heterocycles. The van der Waals surface area contributed by atoms with Crippen molar-refractivity contribution in [3.8, 4) is 0 Å². The van der Waals surface area contributed by atoms with Crippen LogP contribution < -0.4 is 5.56 Å². The summed E-state index contributed by atoms with van der Waals surface area (Å²) < 4.78 is 37.0. The van der Waals surface area contributed by atoms with Crippen LogP contribution in [0.2, 0.25) is 0 Å². The smallest absolute Gasteiger partial charge is 0.301 e. The van der Waals surface area contributed by atoms with Crippen molar-refractivity contribution in [3.05, 3.63) is 34.2 Å². The Labute approximate surface area is 76.6 Å². The quantitative estimate of drug-likeness (QED) is 0.652. The van der Waals surface area contributed by atoms with Gasteiger partial charge in [0, 0.05) is 12.3 Å². The summed E-state index contributed by atoms with van der Waals surface area (Å²) in [5, 5.41) is 0. The molecule has 0 radical (unpaired) electrons. The zero-order valence-electron chi connectivity index (χ0n) is 6.31. The Bertz CT molecular complexity index is 357. The molecule has 0 spiro atoms. The van der Waals surface area contributed by atoms with Gasteiger partial charge in [-0.2, -0.15) is 13.2 Å². The van der Waals surface area contributed by atoms with Crippen LogP contribution >= 0.6 is 11.6 Å². The predicted molar refractivity (Wildman–Crippen MR) is 41.6 cm³/mol. The molecule has 0 aliphatic carbocycles. The second-order valence-corrected chi connectivity index (χ2v) is 2.58. The molecule has 72 valence electrons. The van der Waals surface area contributed by atoms with Gasteiger partial charge in [0.15, 0.2) is 0 Å². The highest BCUT2D eigenvalue weighted by Gasteiger charge is 2.30. The number of nitrogens with zero attached hydrogens (tertiary/aromatic N) is 1. The summed E-state index contributed by atoms with van der Waals surface area (Å²) in [6, 6.07) is 1.17. The lowest BCUT2D eigenvalue weighted by Crippen LogP contribution is -2.19. The summed E-state index contributed by atoms with van der Waals surface area (Å²) in [4.78, 5) is 10.9. The van der Waals surface area contributed by atoms with Crippen LogP contribution in [0.3, 0.4) is 0 Å². The number of hydrogen-bond donors (Lipinski definition) is 0. The van der Waals surface area contributed by atoms with E-state index in [2.05, 4.69) is 0 Å². The summed E-state index contributed by atoms with van der Waals surface area (Å²) in [6.45, 7) is 0. The number of hydrogen-bond acceptors (Lipinski definition) is 1. The molecule has 1 aromatic heterocycles. The van der Waals surface area contributed by atoms with Gasteiger partial charge in [-0.25, -0.2) is 0 Å². The molecule has 1 aromatic rings. The molecular formula is C7H5ClF3NO. The number of halogens is 4. The van der Waals surface area contributed by atoms with Crippen LogP contribution in [0, 0.1) is 0 Å². The molecule has 0 unspecified atom stereocenters. The highest BCUT2D eigenvalue weighted by atomic mass is 35.5. The van der Waals surface area contributed by atoms with E-state index in [0.29, 0.717) is 6.07 Å². The van der Waals surface area contributed by atoms with Gasteiger partial charge >= 0.3 is 6.18 Å². The lowest BCUT2D eigenvalue weighted by Gasteiger charge is -2.06. The first kappa shape index (κ1) is 10.1. The molecule has 1 rings (SSSR count). The van der Waals surface area contributed by atoms with Crippen molar-refractivity contribution >= 4 is 11.6 Å². The van der Waals surface area contributed by atoms with Gasteiger partial charge in [0.2, 0.25) is 0 Å². The van der Waals surface area contributed by atoms with Gasteiger partial charge in [0.1, 0.15) is 6.00 Å². The summed E-state index contributed by atoms with van der Waals surface area (Å²) in [7, 11) is 0. The van der Waals surface area contributed by atoms with Gasteiger partial charge in [-0.15, -0.1) is 11.6 Å². The number of alkyl halides is 4. The van der Waals surface area contributed by atoms with Crippen molar-refractivity contribution in [2.75, 3.05) is 0 Å². The fraction of sp³-hybridized carbons (Fsp3) is 0.286. The van der Waals surface area contributed by atoms with Crippen LogP contribution in [0.4, 0.5) is 13.2 Å². The third-order valence-electron chi connectivity index (χ3n) is 1.45. The normalized spacial score (nSPS) is 11.7. The zero-order valence-corrected chi connectivity index (χ0v) is 7.06. The second kappa shape index (κ2) is 3.41. The molecule has 0 aliphatic rings. The summed E-state index contributed by atoms with van der Waals surface area (Å²) in [5.74, 6) is 0. The van der Waals surface area contributed by atoms with Crippen molar-refractivity contribution in [1.29, 1.82) is 0 Å². The molecule has 0 fully saturated rings. The van der Waals surface area contributed by atoms with Gasteiger partial charge < -0.3 is 4.57 Å². The Balaban J connectivity index is 3.18. The van der Waals surface area contributed by atoms with Crippen molar-refractivity contribution in [3.63, 3.8) is 0 Å². The van der Waals surface area contributed by atoms with Gasteiger partial charge in [-0.05, 0) is 6.07 Å². The maximum atomic E-state index is 12.0. The Hall–Kier alpha value is -0.970. The van der Waals surface area contributed by atoms with E-state index in [1.54, 1.807) is 0 Å². The van der Waals surface area contributed by atoms with Crippen LogP contribution in [0.25, 0.3) is 0 Å². The topological polar surface area (TPSA) is 22.0 Å². The lowest BCUT2D eigenvalue weighted by molar-refractivity contribution is -0.137. The second-order valence-electron chi connectivity index (χ2n) is 2.34. The fourth-order valence-electron chi connectivity index (χ4n) is 0.783. The SMILES string of the molecule is O=c1cc(C(F)(F)F)ccn1CCl. The Morgan fingerprint density at radius 2 is 2.08 bits per heavy atom. The average Bonchev–Trinajstić information content (AvgIpc) is 2.02. The highest BCUT2D eigenvalue weighted by Crippen LogP contribution is 2.27. The van der Waals surface area contributed by atoms with Gasteiger partial charge in [0.25, 0.3) is 5.56 Å². The minimum Gasteiger partial charge on any atom is -0.301 e. The van der Waals surface area contributed by atoms with Crippen molar-refractivity contribution < 1.29 is 13.2 Å². The zero-order chi connectivity index (χ0) is 10.1. The predicted octanol–water partition coefficient (Wildman–Crippen LogP) is 2.06. The molecule has 2 nitrogen and oxygen atoms in total. The van der Waals surface area contributed by atoms with E-state index in [-0.39, 0.29) is 6.00 Å². The van der Waals surface area contributed by atoms with Crippen molar-refractivity contribution in [2.45, 2.75) is 12.2 Å². The third kappa shape index (κ3) is 2.24. The first-order valence-corrected chi connectivity index (χ1v) is 3.82. The number of rotatable bonds is 1. The lowest BCUT2D eigenvalue weighted by atomic mass is 10.2. The molecule has 0 atom stereocenters. The summed E-state index contributed by atoms with van der Waals surface area (Å²) in [5.41, 5.74) is -1.72. The van der Waals surface area contributed by atoms with Crippen LogP contribution in [0.5, 0.6) is 0 Å². The van der Waals surface area contributed by atoms with Crippen molar-refractivity contribution in [2.24, 2.45) is 0 Å². The molecular weight excluding hydrogens is 207 g/mol. The molecule has 1 heterocycles. The molecule has 0 N–H and O–H groups in total. The van der Waals surface area contributed by atoms with E-state index >= 15 is 0 Å². The first-order valence-electron chi connectivity index (χ1n) is 3.29. The monoisotopic (exact) mass is 211 g/mol. The fourth-order valence-corrected chi connectivity index (χ4v) is 0.980. The maximum absolute atomic E-state index is 12.0. The minimum absolute atomic E-state index is 0.156. The largest absolute Gasteiger partial charge is 0.416 e. The summed E-state index contributed by atoms with van der Waals surface area (Å²) >= 11 is 5.28. The first-order chi connectivity index (χ1) is 5.95. The van der Waals surface area contributed by atoms with Gasteiger partial charge in [-0.3, -0.25) is 4.79 Å². The maximum Gasteiger partial charge on any atom is 0.416 e. The molecule has 0 aliphatic heterocycles. The van der Waals surface area contributed by atoms with E-state index in [9.17, 15) is 18.0 Å². The molecule has 6 heteroatoms. The number of pyridine rings is 1. The van der Waals surface area contributed by atoms with E-state index in [0.717, 1.165) is 16.8 Å². The third-order valence-corrected chi connectivity index (χ3v) is 1.71. The van der Waals surface area contributed by atoms with Crippen molar-refractivity contribution in [1.82, 2.24) is 4.57 Å². The van der Waals surface area contributed by atoms with Crippen LogP contribution in [0.1, 0.15) is 5.56 Å². The van der Waals surface area contributed by atoms with Crippen LogP contribution in [0.15, 0.2) is 23.1 Å². The molecule has 0 saturated carbocycles. The molecule has 13 heavy (non-hydrogen) atoms. The van der Waals surface area contributed by atoms with E-state index < -0.39 is 17.3 Å². The number of aromatic nitrogens is 1. The van der Waals surface area contributed by atoms with Gasteiger partial charge in [0.05, 0.1) is 5.56 Å². The summed E-state index contributed by atoms with van der Waals surface area (Å²) in [6.07, 6.45) is -3.47. The van der Waals surface area contributed by atoms with Crippen LogP contribution in [-0.4, -0.2) is 4.57 Å².